The fourth-order valence-corrected chi connectivity index (χ4v) is 2.35. The van der Waals surface area contributed by atoms with Gasteiger partial charge in [0.05, 0.1) is 6.42 Å². The van der Waals surface area contributed by atoms with Crippen molar-refractivity contribution >= 4 is 24.1 Å². The first-order valence-electron chi connectivity index (χ1n) is 6.68. The lowest BCUT2D eigenvalue weighted by Gasteiger charge is -2.34. The number of hydrogen-bond acceptors (Lipinski definition) is 3. The number of nitrogens with one attached hydrogen (secondary N) is 1. The zero-order valence-corrected chi connectivity index (χ0v) is 12.7. The maximum Gasteiger partial charge on any atom is 0.227 e. The SMILES string of the molecule is CC(=O)c1ccc(CC(=O)N2CCNC[C@H]2C)cc1.Cl. The Morgan fingerprint density at radius 2 is 1.95 bits per heavy atom. The van der Waals surface area contributed by atoms with Gasteiger partial charge in [-0.1, -0.05) is 24.3 Å². The van der Waals surface area contributed by atoms with Crippen LogP contribution in [0, 0.1) is 0 Å². The molecule has 20 heavy (non-hydrogen) atoms. The van der Waals surface area contributed by atoms with Gasteiger partial charge in [0.25, 0.3) is 0 Å². The van der Waals surface area contributed by atoms with Crippen LogP contribution in [-0.4, -0.2) is 42.3 Å². The molecule has 1 fully saturated rings. The fourth-order valence-electron chi connectivity index (χ4n) is 2.35. The molecule has 1 amide bonds. The molecule has 0 unspecified atom stereocenters. The van der Waals surface area contributed by atoms with Crippen molar-refractivity contribution in [3.05, 3.63) is 35.4 Å². The number of benzene rings is 1. The molecule has 1 atom stereocenters. The van der Waals surface area contributed by atoms with Crippen LogP contribution in [-0.2, 0) is 11.2 Å². The molecule has 1 N–H and O–H groups in total. The van der Waals surface area contributed by atoms with E-state index < -0.39 is 0 Å². The first kappa shape index (κ1) is 16.7. The highest BCUT2D eigenvalue weighted by Crippen LogP contribution is 2.10. The molecule has 1 heterocycles. The molecule has 0 radical (unpaired) electrons. The van der Waals surface area contributed by atoms with Gasteiger partial charge in [-0.3, -0.25) is 9.59 Å². The van der Waals surface area contributed by atoms with Gasteiger partial charge >= 0.3 is 0 Å². The Kier molecular flexibility index (Phi) is 6.17. The highest BCUT2D eigenvalue weighted by atomic mass is 35.5. The van der Waals surface area contributed by atoms with E-state index in [-0.39, 0.29) is 30.1 Å². The van der Waals surface area contributed by atoms with Gasteiger partial charge in [0, 0.05) is 31.2 Å². The maximum absolute atomic E-state index is 12.2. The van der Waals surface area contributed by atoms with Gasteiger partial charge < -0.3 is 10.2 Å². The van der Waals surface area contributed by atoms with E-state index >= 15 is 0 Å². The van der Waals surface area contributed by atoms with Crippen LogP contribution >= 0.6 is 12.4 Å². The summed E-state index contributed by atoms with van der Waals surface area (Å²) in [5.74, 6) is 0.207. The lowest BCUT2D eigenvalue weighted by Crippen LogP contribution is -2.52. The van der Waals surface area contributed by atoms with Gasteiger partial charge in [0.2, 0.25) is 5.91 Å². The number of carbonyl (C=O) groups excluding carboxylic acids is 2. The van der Waals surface area contributed by atoms with E-state index in [2.05, 4.69) is 12.2 Å². The largest absolute Gasteiger partial charge is 0.337 e. The molecule has 1 aliphatic heterocycles. The van der Waals surface area contributed by atoms with Gasteiger partial charge in [0.1, 0.15) is 0 Å². The minimum atomic E-state index is 0. The number of Topliss-reactive ketones (excluding diaryl/α,β-unsaturated/α-hetero) is 1. The van der Waals surface area contributed by atoms with Crippen molar-refractivity contribution in [2.75, 3.05) is 19.6 Å². The van der Waals surface area contributed by atoms with Crippen LogP contribution in [0.3, 0.4) is 0 Å². The molecule has 1 aromatic carbocycles. The van der Waals surface area contributed by atoms with E-state index in [1.165, 1.54) is 0 Å². The third-order valence-corrected chi connectivity index (χ3v) is 3.54. The number of halogens is 1. The zero-order valence-electron chi connectivity index (χ0n) is 11.9. The van der Waals surface area contributed by atoms with E-state index in [0.717, 1.165) is 25.2 Å². The van der Waals surface area contributed by atoms with E-state index in [1.807, 2.05) is 17.0 Å². The van der Waals surface area contributed by atoms with Crippen molar-refractivity contribution in [1.29, 1.82) is 0 Å². The number of amides is 1. The smallest absolute Gasteiger partial charge is 0.227 e. The molecule has 1 aliphatic rings. The summed E-state index contributed by atoms with van der Waals surface area (Å²) in [5, 5.41) is 3.27. The van der Waals surface area contributed by atoms with Gasteiger partial charge in [-0.2, -0.15) is 0 Å². The number of carbonyl (C=O) groups is 2. The fraction of sp³-hybridized carbons (Fsp3) is 0.467. The molecular weight excluding hydrogens is 276 g/mol. The van der Waals surface area contributed by atoms with Crippen molar-refractivity contribution in [1.82, 2.24) is 10.2 Å². The Morgan fingerprint density at radius 1 is 1.30 bits per heavy atom. The number of hydrogen-bond donors (Lipinski definition) is 1. The molecular formula is C15H21ClN2O2. The topological polar surface area (TPSA) is 49.4 Å². The second-order valence-electron chi connectivity index (χ2n) is 5.07. The molecule has 0 spiro atoms. The van der Waals surface area contributed by atoms with Gasteiger partial charge in [0.15, 0.2) is 5.78 Å². The summed E-state index contributed by atoms with van der Waals surface area (Å²) in [6.45, 7) is 6.09. The van der Waals surface area contributed by atoms with Crippen LogP contribution in [0.2, 0.25) is 0 Å². The van der Waals surface area contributed by atoms with E-state index in [1.54, 1.807) is 19.1 Å². The van der Waals surface area contributed by atoms with Crippen molar-refractivity contribution in [2.24, 2.45) is 0 Å². The summed E-state index contributed by atoms with van der Waals surface area (Å²) in [4.78, 5) is 25.3. The van der Waals surface area contributed by atoms with Crippen LogP contribution in [0.5, 0.6) is 0 Å². The second kappa shape index (κ2) is 7.41. The molecule has 1 aromatic rings. The van der Waals surface area contributed by atoms with Crippen molar-refractivity contribution in [2.45, 2.75) is 26.3 Å². The molecule has 2 rings (SSSR count). The average molecular weight is 297 g/mol. The first-order valence-corrected chi connectivity index (χ1v) is 6.68. The Morgan fingerprint density at radius 3 is 2.50 bits per heavy atom. The van der Waals surface area contributed by atoms with Crippen molar-refractivity contribution in [3.63, 3.8) is 0 Å². The van der Waals surface area contributed by atoms with E-state index in [0.29, 0.717) is 12.0 Å². The Labute approximate surface area is 125 Å². The summed E-state index contributed by atoms with van der Waals surface area (Å²) >= 11 is 0. The highest BCUT2D eigenvalue weighted by Gasteiger charge is 2.22. The zero-order chi connectivity index (χ0) is 13.8. The Balaban J connectivity index is 0.00000200. The lowest BCUT2D eigenvalue weighted by atomic mass is 10.1. The third-order valence-electron chi connectivity index (χ3n) is 3.54. The minimum Gasteiger partial charge on any atom is -0.337 e. The highest BCUT2D eigenvalue weighted by molar-refractivity contribution is 5.94. The predicted molar refractivity (Wildman–Crippen MR) is 81.4 cm³/mol. The third kappa shape index (κ3) is 4.05. The van der Waals surface area contributed by atoms with Crippen LogP contribution < -0.4 is 5.32 Å². The summed E-state index contributed by atoms with van der Waals surface area (Å²) in [5.41, 5.74) is 1.65. The monoisotopic (exact) mass is 296 g/mol. The normalized spacial score (nSPS) is 18.3. The molecule has 4 nitrogen and oxygen atoms in total. The lowest BCUT2D eigenvalue weighted by molar-refractivity contribution is -0.133. The predicted octanol–water partition coefficient (Wildman–Crippen LogP) is 1.67. The standard InChI is InChI=1S/C15H20N2O2.ClH/c1-11-10-16-7-8-17(11)15(19)9-13-3-5-14(6-4-13)12(2)18;/h3-6,11,16H,7-10H2,1-2H3;1H/t11-;/m1./s1. The van der Waals surface area contributed by atoms with Crippen molar-refractivity contribution < 1.29 is 9.59 Å². The van der Waals surface area contributed by atoms with E-state index in [9.17, 15) is 9.59 Å². The van der Waals surface area contributed by atoms with Gasteiger partial charge in [-0.15, -0.1) is 12.4 Å². The molecule has 5 heteroatoms. The van der Waals surface area contributed by atoms with E-state index in [4.69, 9.17) is 0 Å². The number of nitrogens with zero attached hydrogens (tertiary/aromatic N) is 1. The average Bonchev–Trinajstić information content (AvgIpc) is 2.39. The van der Waals surface area contributed by atoms with Gasteiger partial charge in [-0.25, -0.2) is 0 Å². The number of rotatable bonds is 3. The van der Waals surface area contributed by atoms with Crippen molar-refractivity contribution in [3.8, 4) is 0 Å². The quantitative estimate of drug-likeness (QED) is 0.863. The summed E-state index contributed by atoms with van der Waals surface area (Å²) in [6.07, 6.45) is 0.405. The number of piperazine rings is 1. The van der Waals surface area contributed by atoms with Crippen LogP contribution in [0.1, 0.15) is 29.8 Å². The Hall–Kier alpha value is -1.39. The first-order chi connectivity index (χ1) is 9.08. The summed E-state index contributed by atoms with van der Waals surface area (Å²) in [7, 11) is 0. The summed E-state index contributed by atoms with van der Waals surface area (Å²) < 4.78 is 0. The Bertz CT molecular complexity index is 473. The second-order valence-corrected chi connectivity index (χ2v) is 5.07. The molecule has 1 saturated heterocycles. The minimum absolute atomic E-state index is 0. The van der Waals surface area contributed by atoms with Crippen LogP contribution in [0.4, 0.5) is 0 Å². The molecule has 0 saturated carbocycles. The van der Waals surface area contributed by atoms with Gasteiger partial charge in [-0.05, 0) is 19.4 Å². The molecule has 0 bridgehead atoms. The molecule has 0 aliphatic carbocycles. The molecule has 0 aromatic heterocycles. The van der Waals surface area contributed by atoms with Crippen LogP contribution in [0.25, 0.3) is 0 Å². The number of ketones is 1. The summed E-state index contributed by atoms with van der Waals surface area (Å²) in [6, 6.07) is 7.54. The molecule has 110 valence electrons. The van der Waals surface area contributed by atoms with Crippen LogP contribution in [0.15, 0.2) is 24.3 Å². The maximum atomic E-state index is 12.2.